The Bertz CT molecular complexity index is 532. The Morgan fingerprint density at radius 3 is 2.45 bits per heavy atom. The number of sulfonamides is 1. The zero-order chi connectivity index (χ0) is 14.8. The smallest absolute Gasteiger partial charge is 0.246 e. The predicted molar refractivity (Wildman–Crippen MR) is 77.1 cm³/mol. The molecule has 0 radical (unpaired) electrons. The maximum atomic E-state index is 12.5. The van der Waals surface area contributed by atoms with Gasteiger partial charge in [-0.05, 0) is 21.0 Å². The third kappa shape index (κ3) is 3.38. The van der Waals surface area contributed by atoms with Crippen LogP contribution in [-0.4, -0.2) is 86.1 Å². The number of aromatic amines is 1. The lowest BCUT2D eigenvalue weighted by atomic mass is 10.3. The summed E-state index contributed by atoms with van der Waals surface area (Å²) in [5, 5.41) is 6.48. The van der Waals surface area contributed by atoms with Crippen LogP contribution in [0.2, 0.25) is 0 Å². The summed E-state index contributed by atoms with van der Waals surface area (Å²) in [6.45, 7) is 6.35. The van der Waals surface area contributed by atoms with Crippen molar-refractivity contribution in [3.8, 4) is 0 Å². The van der Waals surface area contributed by atoms with Crippen LogP contribution in [-0.2, 0) is 10.0 Å². The van der Waals surface area contributed by atoms with Gasteiger partial charge in [-0.15, -0.1) is 0 Å². The van der Waals surface area contributed by atoms with E-state index in [0.717, 1.165) is 26.2 Å². The average Bonchev–Trinajstić information content (AvgIpc) is 2.84. The number of hydrogen-bond acceptors (Lipinski definition) is 5. The minimum atomic E-state index is -3.40. The second kappa shape index (κ2) is 6.21. The number of likely N-dealkylation sites (N-methyl/N-ethyl adjacent to an activating group) is 1. The third-order valence-electron chi connectivity index (χ3n) is 3.60. The number of hydrogen-bond donors (Lipinski definition) is 1. The number of rotatable bonds is 5. The molecular weight excluding hydrogens is 278 g/mol. The standard InChI is InChI=1S/C12H23N5O2S/c1-11-12(10-13-14-11)20(18,19)17-8-6-16(7-9-17)5-4-15(2)3/h10H,4-9H2,1-3H3,(H,13,14). The van der Waals surface area contributed by atoms with E-state index in [2.05, 4.69) is 20.0 Å². The van der Waals surface area contributed by atoms with Gasteiger partial charge in [-0.3, -0.25) is 10.00 Å². The van der Waals surface area contributed by atoms with Gasteiger partial charge in [-0.25, -0.2) is 8.42 Å². The molecule has 1 aliphatic rings. The zero-order valence-corrected chi connectivity index (χ0v) is 13.2. The summed E-state index contributed by atoms with van der Waals surface area (Å²) in [4.78, 5) is 4.73. The molecule has 2 rings (SSSR count). The van der Waals surface area contributed by atoms with Crippen molar-refractivity contribution in [2.24, 2.45) is 0 Å². The Hall–Kier alpha value is -0.960. The molecule has 0 unspecified atom stereocenters. The molecule has 0 aliphatic carbocycles. The van der Waals surface area contributed by atoms with Crippen molar-refractivity contribution in [1.29, 1.82) is 0 Å². The van der Waals surface area contributed by atoms with Gasteiger partial charge in [0, 0.05) is 39.3 Å². The molecule has 8 heteroatoms. The number of piperazine rings is 1. The molecule has 1 N–H and O–H groups in total. The summed E-state index contributed by atoms with van der Waals surface area (Å²) in [7, 11) is 0.686. The van der Waals surface area contributed by atoms with Gasteiger partial charge in [-0.2, -0.15) is 9.40 Å². The highest BCUT2D eigenvalue weighted by atomic mass is 32.2. The van der Waals surface area contributed by atoms with Gasteiger partial charge in [0.25, 0.3) is 0 Å². The zero-order valence-electron chi connectivity index (χ0n) is 12.3. The van der Waals surface area contributed by atoms with E-state index >= 15 is 0 Å². The minimum absolute atomic E-state index is 0.291. The largest absolute Gasteiger partial charge is 0.308 e. The van der Waals surface area contributed by atoms with Crippen molar-refractivity contribution >= 4 is 10.0 Å². The molecule has 1 aromatic heterocycles. The van der Waals surface area contributed by atoms with E-state index in [0.29, 0.717) is 23.7 Å². The first-order valence-electron chi connectivity index (χ1n) is 6.78. The molecule has 1 saturated heterocycles. The third-order valence-corrected chi connectivity index (χ3v) is 5.61. The highest BCUT2D eigenvalue weighted by Crippen LogP contribution is 2.19. The van der Waals surface area contributed by atoms with Crippen molar-refractivity contribution < 1.29 is 8.42 Å². The fourth-order valence-corrected chi connectivity index (χ4v) is 3.81. The maximum Gasteiger partial charge on any atom is 0.246 e. The molecule has 0 spiro atoms. The van der Waals surface area contributed by atoms with Gasteiger partial charge >= 0.3 is 0 Å². The summed E-state index contributed by atoms with van der Waals surface area (Å²) in [6.07, 6.45) is 1.39. The van der Waals surface area contributed by atoms with Crippen LogP contribution in [0.25, 0.3) is 0 Å². The van der Waals surface area contributed by atoms with Gasteiger partial charge in [0.05, 0.1) is 11.9 Å². The Balaban J connectivity index is 1.95. The Morgan fingerprint density at radius 1 is 1.30 bits per heavy atom. The molecule has 0 aromatic carbocycles. The molecular formula is C12H23N5O2S. The summed E-state index contributed by atoms with van der Waals surface area (Å²) in [5.74, 6) is 0. The van der Waals surface area contributed by atoms with Crippen molar-refractivity contribution in [3.05, 3.63) is 11.9 Å². The first-order valence-corrected chi connectivity index (χ1v) is 8.22. The van der Waals surface area contributed by atoms with E-state index in [-0.39, 0.29) is 0 Å². The van der Waals surface area contributed by atoms with Gasteiger partial charge in [0.2, 0.25) is 10.0 Å². The SMILES string of the molecule is Cc1[nH]ncc1S(=O)(=O)N1CCN(CCN(C)C)CC1. The quantitative estimate of drug-likeness (QED) is 0.800. The molecule has 7 nitrogen and oxygen atoms in total. The Labute approximate surface area is 120 Å². The summed E-state index contributed by atoms with van der Waals surface area (Å²) in [6, 6.07) is 0. The van der Waals surface area contributed by atoms with Crippen molar-refractivity contribution in [3.63, 3.8) is 0 Å². The van der Waals surface area contributed by atoms with E-state index in [4.69, 9.17) is 0 Å². The number of aromatic nitrogens is 2. The lowest BCUT2D eigenvalue weighted by Crippen LogP contribution is -2.49. The molecule has 0 bridgehead atoms. The molecule has 1 aliphatic heterocycles. The van der Waals surface area contributed by atoms with Crippen LogP contribution in [0, 0.1) is 6.92 Å². The molecule has 2 heterocycles. The predicted octanol–water partition coefficient (Wildman–Crippen LogP) is -0.414. The van der Waals surface area contributed by atoms with E-state index in [1.807, 2.05) is 14.1 Å². The van der Waals surface area contributed by atoms with Gasteiger partial charge in [0.1, 0.15) is 4.90 Å². The minimum Gasteiger partial charge on any atom is -0.308 e. The Morgan fingerprint density at radius 2 is 1.95 bits per heavy atom. The van der Waals surface area contributed by atoms with Crippen LogP contribution in [0.15, 0.2) is 11.1 Å². The van der Waals surface area contributed by atoms with Gasteiger partial charge in [-0.1, -0.05) is 0 Å². The summed E-state index contributed by atoms with van der Waals surface area (Å²) in [5.41, 5.74) is 0.597. The van der Waals surface area contributed by atoms with Crippen molar-refractivity contribution in [1.82, 2.24) is 24.3 Å². The molecule has 1 aromatic rings. The van der Waals surface area contributed by atoms with Crippen molar-refractivity contribution in [2.45, 2.75) is 11.8 Å². The fourth-order valence-electron chi connectivity index (χ4n) is 2.27. The van der Waals surface area contributed by atoms with Crippen LogP contribution >= 0.6 is 0 Å². The van der Waals surface area contributed by atoms with Crippen LogP contribution in [0.3, 0.4) is 0 Å². The number of nitrogens with one attached hydrogen (secondary N) is 1. The Kier molecular flexibility index (Phi) is 4.79. The first-order chi connectivity index (χ1) is 9.41. The fraction of sp³-hybridized carbons (Fsp3) is 0.750. The van der Waals surface area contributed by atoms with Crippen LogP contribution in [0.4, 0.5) is 0 Å². The highest BCUT2D eigenvalue weighted by molar-refractivity contribution is 7.89. The molecule has 0 atom stereocenters. The second-order valence-corrected chi connectivity index (χ2v) is 7.31. The highest BCUT2D eigenvalue weighted by Gasteiger charge is 2.30. The normalized spacial score (nSPS) is 18.8. The topological polar surface area (TPSA) is 72.5 Å². The van der Waals surface area contributed by atoms with Crippen LogP contribution < -0.4 is 0 Å². The van der Waals surface area contributed by atoms with E-state index in [1.54, 1.807) is 11.2 Å². The summed E-state index contributed by atoms with van der Waals surface area (Å²) >= 11 is 0. The number of aryl methyl sites for hydroxylation is 1. The molecule has 0 saturated carbocycles. The molecule has 20 heavy (non-hydrogen) atoms. The van der Waals surface area contributed by atoms with Crippen LogP contribution in [0.1, 0.15) is 5.69 Å². The summed E-state index contributed by atoms with van der Waals surface area (Å²) < 4.78 is 26.5. The monoisotopic (exact) mass is 301 g/mol. The van der Waals surface area contributed by atoms with E-state index in [1.165, 1.54) is 6.20 Å². The molecule has 0 amide bonds. The number of H-pyrrole nitrogens is 1. The lowest BCUT2D eigenvalue weighted by molar-refractivity contribution is 0.174. The van der Waals surface area contributed by atoms with Crippen LogP contribution in [0.5, 0.6) is 0 Å². The maximum absolute atomic E-state index is 12.5. The molecule has 114 valence electrons. The number of nitrogens with zero attached hydrogens (tertiary/aromatic N) is 4. The van der Waals surface area contributed by atoms with Crippen molar-refractivity contribution in [2.75, 3.05) is 53.4 Å². The molecule has 1 fully saturated rings. The first kappa shape index (κ1) is 15.4. The van der Waals surface area contributed by atoms with Gasteiger partial charge in [0.15, 0.2) is 0 Å². The lowest BCUT2D eigenvalue weighted by Gasteiger charge is -2.34. The average molecular weight is 301 g/mol. The van der Waals surface area contributed by atoms with E-state index in [9.17, 15) is 8.42 Å². The van der Waals surface area contributed by atoms with E-state index < -0.39 is 10.0 Å². The van der Waals surface area contributed by atoms with Gasteiger partial charge < -0.3 is 4.90 Å². The second-order valence-electron chi connectivity index (χ2n) is 5.41.